The van der Waals surface area contributed by atoms with Gasteiger partial charge in [0.1, 0.15) is 5.75 Å². The van der Waals surface area contributed by atoms with E-state index in [1.165, 1.54) is 45.8 Å². The van der Waals surface area contributed by atoms with E-state index in [4.69, 9.17) is 18.9 Å². The van der Waals surface area contributed by atoms with E-state index in [1.54, 1.807) is 17.0 Å². The number of aliphatic hydroxyl groups excluding tert-OH is 1. The molecule has 0 radical (unpaired) electrons. The molecule has 0 aromatic heterocycles. The summed E-state index contributed by atoms with van der Waals surface area (Å²) < 4.78 is 50.8. The van der Waals surface area contributed by atoms with Crippen molar-refractivity contribution in [3.05, 3.63) is 95.3 Å². The van der Waals surface area contributed by atoms with Crippen LogP contribution in [0.3, 0.4) is 0 Å². The summed E-state index contributed by atoms with van der Waals surface area (Å²) in [6, 6.07) is 20.8. The molecule has 45 heavy (non-hydrogen) atoms. The number of morpholine rings is 1. The number of nitrogens with zero attached hydrogens (tertiary/aromatic N) is 2. The number of rotatable bonds is 11. The maximum absolute atomic E-state index is 13.6. The minimum Gasteiger partial charge on any atom is -0.497 e. The number of allylic oxidation sites excluding steroid dienone is 1. The third-order valence-corrected chi connectivity index (χ3v) is 10.5. The van der Waals surface area contributed by atoms with Gasteiger partial charge in [-0.25, -0.2) is 8.42 Å². The molecule has 1 saturated heterocycles. The van der Waals surface area contributed by atoms with Gasteiger partial charge in [-0.3, -0.25) is 4.79 Å². The average Bonchev–Trinajstić information content (AvgIpc) is 3.47. The lowest BCUT2D eigenvalue weighted by molar-refractivity contribution is -0.155. The van der Waals surface area contributed by atoms with Gasteiger partial charge in [-0.1, -0.05) is 42.5 Å². The molecule has 1 N–H and O–H groups in total. The summed E-state index contributed by atoms with van der Waals surface area (Å²) in [7, 11) is -2.39. The molecule has 1 amide bonds. The predicted molar refractivity (Wildman–Crippen MR) is 167 cm³/mol. The van der Waals surface area contributed by atoms with Crippen LogP contribution in [0.4, 0.5) is 0 Å². The number of sulfonamides is 1. The highest BCUT2D eigenvalue weighted by atomic mass is 32.2. The van der Waals surface area contributed by atoms with E-state index in [0.717, 1.165) is 12.0 Å². The van der Waals surface area contributed by atoms with Crippen molar-refractivity contribution >= 4 is 15.9 Å². The van der Waals surface area contributed by atoms with Crippen LogP contribution in [0.5, 0.6) is 5.75 Å². The molecule has 1 aliphatic carbocycles. The molecule has 0 bridgehead atoms. The molecule has 0 saturated carbocycles. The summed E-state index contributed by atoms with van der Waals surface area (Å²) in [5, 5.41) is 9.65. The monoisotopic (exact) mass is 634 g/mol. The summed E-state index contributed by atoms with van der Waals surface area (Å²) in [6.07, 6.45) is 2.39. The zero-order valence-corrected chi connectivity index (χ0v) is 26.1. The Kier molecular flexibility index (Phi) is 9.53. The van der Waals surface area contributed by atoms with E-state index in [9.17, 15) is 18.3 Å². The summed E-state index contributed by atoms with van der Waals surface area (Å²) in [5.41, 5.74) is 6.06. The molecule has 0 spiro atoms. The van der Waals surface area contributed by atoms with Crippen molar-refractivity contribution in [1.82, 2.24) is 9.21 Å². The molecule has 238 valence electrons. The lowest BCUT2D eigenvalue weighted by Crippen LogP contribution is -2.43. The number of benzene rings is 3. The van der Waals surface area contributed by atoms with Crippen molar-refractivity contribution in [3.8, 4) is 16.9 Å². The number of aliphatic hydroxyl groups is 1. The topological polar surface area (TPSA) is 115 Å². The smallest absolute Gasteiger partial charge is 0.288 e. The fourth-order valence-electron chi connectivity index (χ4n) is 6.23. The SMILES string of the molecule is COc1ccc(S(=O)(=O)N(CCO)CCO[C@H]2C[C@@H](c3cccc4c3Cc3ccccc3-4)C=C(C(=O)N3CCOCC3)O2)cc1. The fourth-order valence-corrected chi connectivity index (χ4v) is 7.64. The Bertz CT molecular complexity index is 1650. The van der Waals surface area contributed by atoms with Gasteiger partial charge in [-0.2, -0.15) is 4.31 Å². The lowest BCUT2D eigenvalue weighted by Gasteiger charge is -2.33. The van der Waals surface area contributed by atoms with Crippen molar-refractivity contribution in [2.45, 2.75) is 29.9 Å². The second-order valence-corrected chi connectivity index (χ2v) is 13.1. The first kappa shape index (κ1) is 31.3. The van der Waals surface area contributed by atoms with Gasteiger partial charge in [-0.05, 0) is 64.6 Å². The Labute approximate surface area is 263 Å². The third kappa shape index (κ3) is 6.63. The fraction of sp³-hybridized carbons (Fsp3) is 0.382. The molecule has 11 heteroatoms. The lowest BCUT2D eigenvalue weighted by atomic mass is 9.87. The Morgan fingerprint density at radius 3 is 2.51 bits per heavy atom. The Morgan fingerprint density at radius 2 is 1.76 bits per heavy atom. The van der Waals surface area contributed by atoms with Crippen molar-refractivity contribution in [2.75, 3.05) is 59.7 Å². The first-order chi connectivity index (χ1) is 21.9. The van der Waals surface area contributed by atoms with Crippen LogP contribution in [0.15, 0.2) is 83.5 Å². The number of methoxy groups -OCH3 is 1. The number of carbonyl (C=O) groups is 1. The number of hydrogen-bond donors (Lipinski definition) is 1. The zero-order valence-electron chi connectivity index (χ0n) is 25.3. The molecule has 2 heterocycles. The van der Waals surface area contributed by atoms with Gasteiger partial charge in [-0.15, -0.1) is 0 Å². The number of fused-ring (bicyclic) bond motifs is 3. The van der Waals surface area contributed by atoms with Gasteiger partial charge >= 0.3 is 0 Å². The van der Waals surface area contributed by atoms with Crippen LogP contribution in [0.25, 0.3) is 11.1 Å². The standard InChI is InChI=1S/C34H38N2O8S/c1-41-26-9-11-27(12-10-26)45(39,40)36(13-17-37)16-20-43-33-23-25(22-32(44-33)34(38)35-14-18-42-19-15-35)29-7-4-8-30-28-6-3-2-5-24(28)21-31(29)30/h2-12,22,25,33,37H,13-21,23H2,1H3/t25-,33+/m0/s1. The highest BCUT2D eigenvalue weighted by Gasteiger charge is 2.34. The number of carbonyl (C=O) groups excluding carboxylic acids is 1. The van der Waals surface area contributed by atoms with Crippen LogP contribution >= 0.6 is 0 Å². The van der Waals surface area contributed by atoms with Crippen molar-refractivity contribution in [1.29, 1.82) is 0 Å². The van der Waals surface area contributed by atoms with Crippen LogP contribution in [-0.2, 0) is 35.4 Å². The van der Waals surface area contributed by atoms with Crippen LogP contribution < -0.4 is 4.74 Å². The van der Waals surface area contributed by atoms with Crippen LogP contribution in [-0.4, -0.2) is 94.6 Å². The van der Waals surface area contributed by atoms with Crippen molar-refractivity contribution in [3.63, 3.8) is 0 Å². The normalized spacial score (nSPS) is 19.4. The highest BCUT2D eigenvalue weighted by Crippen LogP contribution is 2.43. The van der Waals surface area contributed by atoms with Gasteiger partial charge in [0.15, 0.2) is 5.76 Å². The van der Waals surface area contributed by atoms with Gasteiger partial charge in [0.2, 0.25) is 16.3 Å². The highest BCUT2D eigenvalue weighted by molar-refractivity contribution is 7.89. The molecule has 3 aromatic rings. The third-order valence-electron chi connectivity index (χ3n) is 8.54. The molecule has 3 aromatic carbocycles. The minimum absolute atomic E-state index is 0.00410. The zero-order chi connectivity index (χ0) is 31.4. The molecule has 6 rings (SSSR count). The summed E-state index contributed by atoms with van der Waals surface area (Å²) in [6.45, 7) is 1.45. The predicted octanol–water partition coefficient (Wildman–Crippen LogP) is 3.54. The molecular formula is C34H38N2O8S. The summed E-state index contributed by atoms with van der Waals surface area (Å²) in [4.78, 5) is 15.4. The maximum Gasteiger partial charge on any atom is 0.288 e. The molecule has 3 aliphatic rings. The van der Waals surface area contributed by atoms with E-state index in [0.29, 0.717) is 38.5 Å². The van der Waals surface area contributed by atoms with Crippen LogP contribution in [0.2, 0.25) is 0 Å². The molecule has 0 unspecified atom stereocenters. The number of ether oxygens (including phenoxy) is 4. The second-order valence-electron chi connectivity index (χ2n) is 11.2. The summed E-state index contributed by atoms with van der Waals surface area (Å²) >= 11 is 0. The van der Waals surface area contributed by atoms with E-state index >= 15 is 0 Å². The van der Waals surface area contributed by atoms with Crippen molar-refractivity contribution < 1.29 is 37.3 Å². The van der Waals surface area contributed by atoms with Gasteiger partial charge in [0, 0.05) is 38.5 Å². The molecule has 1 fully saturated rings. The van der Waals surface area contributed by atoms with Crippen LogP contribution in [0.1, 0.15) is 29.0 Å². The number of hydrogen-bond acceptors (Lipinski definition) is 8. The largest absolute Gasteiger partial charge is 0.497 e. The first-order valence-corrected chi connectivity index (χ1v) is 16.6. The Hall–Kier alpha value is -3.74. The van der Waals surface area contributed by atoms with Gasteiger partial charge < -0.3 is 29.0 Å². The quantitative estimate of drug-likeness (QED) is 0.267. The van der Waals surface area contributed by atoms with E-state index < -0.39 is 16.3 Å². The Morgan fingerprint density at radius 1 is 1.00 bits per heavy atom. The summed E-state index contributed by atoms with van der Waals surface area (Å²) in [5.74, 6) is 0.406. The molecular weight excluding hydrogens is 596 g/mol. The second kappa shape index (κ2) is 13.7. The van der Waals surface area contributed by atoms with E-state index in [1.807, 2.05) is 12.1 Å². The minimum atomic E-state index is -3.90. The van der Waals surface area contributed by atoms with Crippen molar-refractivity contribution in [2.24, 2.45) is 0 Å². The van der Waals surface area contributed by atoms with E-state index in [-0.39, 0.29) is 48.8 Å². The average molecular weight is 635 g/mol. The van der Waals surface area contributed by atoms with E-state index in [2.05, 4.69) is 36.4 Å². The molecule has 2 aliphatic heterocycles. The molecule has 10 nitrogen and oxygen atoms in total. The first-order valence-electron chi connectivity index (χ1n) is 15.2. The Balaban J connectivity index is 1.22. The van der Waals surface area contributed by atoms with Gasteiger partial charge in [0.05, 0.1) is 38.4 Å². The maximum atomic E-state index is 13.6. The van der Waals surface area contributed by atoms with Crippen LogP contribution in [0, 0.1) is 0 Å². The molecule has 2 atom stereocenters. The van der Waals surface area contributed by atoms with Gasteiger partial charge in [0.25, 0.3) is 5.91 Å². The number of amides is 1.